The second kappa shape index (κ2) is 9.23. The smallest absolute Gasteiger partial charge is 0.234 e. The summed E-state index contributed by atoms with van der Waals surface area (Å²) in [6.45, 7) is 2.03. The van der Waals surface area contributed by atoms with Gasteiger partial charge in [0.2, 0.25) is 5.91 Å². The molecule has 0 unspecified atom stereocenters. The monoisotopic (exact) mass is 430 g/mol. The third-order valence-electron chi connectivity index (χ3n) is 4.35. The van der Waals surface area contributed by atoms with E-state index in [2.05, 4.69) is 15.5 Å². The van der Waals surface area contributed by atoms with Crippen molar-refractivity contribution in [3.8, 4) is 0 Å². The van der Waals surface area contributed by atoms with E-state index in [1.165, 1.54) is 11.8 Å². The van der Waals surface area contributed by atoms with Gasteiger partial charge in [0.25, 0.3) is 0 Å². The van der Waals surface area contributed by atoms with E-state index in [0.29, 0.717) is 11.0 Å². The number of aryl methyl sites for hydroxylation is 1. The first kappa shape index (κ1) is 21.1. The second-order valence-corrected chi connectivity index (χ2v) is 9.31. The van der Waals surface area contributed by atoms with Crippen LogP contribution < -0.4 is 5.32 Å². The molecule has 0 aliphatic heterocycles. The molecule has 7 nitrogen and oxygen atoms in total. The largest absolute Gasteiger partial charge is 0.325 e. The summed E-state index contributed by atoms with van der Waals surface area (Å²) < 4.78 is 26.7. The van der Waals surface area contributed by atoms with Gasteiger partial charge in [-0.05, 0) is 30.2 Å². The van der Waals surface area contributed by atoms with E-state index in [4.69, 9.17) is 0 Å². The van der Waals surface area contributed by atoms with E-state index in [9.17, 15) is 13.2 Å². The first-order valence-electron chi connectivity index (χ1n) is 9.07. The SMILES string of the molecule is CCc1ccccc1NC(=O)CSc1nnc(CS(=O)(=O)c2ccccc2)n1C. The number of para-hydroxylation sites is 1. The first-order valence-corrected chi connectivity index (χ1v) is 11.7. The van der Waals surface area contributed by atoms with Crippen molar-refractivity contribution in [2.24, 2.45) is 7.05 Å². The molecule has 29 heavy (non-hydrogen) atoms. The van der Waals surface area contributed by atoms with Crippen LogP contribution in [0.25, 0.3) is 0 Å². The molecule has 0 fully saturated rings. The van der Waals surface area contributed by atoms with E-state index in [1.807, 2.05) is 31.2 Å². The number of thioether (sulfide) groups is 1. The zero-order valence-corrected chi connectivity index (χ0v) is 17.8. The van der Waals surface area contributed by atoms with Crippen LogP contribution in [0.5, 0.6) is 0 Å². The Bertz CT molecular complexity index is 1100. The van der Waals surface area contributed by atoms with Gasteiger partial charge in [0.1, 0.15) is 11.6 Å². The second-order valence-electron chi connectivity index (χ2n) is 6.38. The van der Waals surface area contributed by atoms with E-state index in [0.717, 1.165) is 17.7 Å². The molecule has 0 atom stereocenters. The number of sulfone groups is 1. The Kier molecular flexibility index (Phi) is 6.71. The molecule has 0 aliphatic carbocycles. The predicted octanol–water partition coefficient (Wildman–Crippen LogP) is 3.08. The van der Waals surface area contributed by atoms with Gasteiger partial charge < -0.3 is 9.88 Å². The van der Waals surface area contributed by atoms with Crippen molar-refractivity contribution in [1.82, 2.24) is 14.8 Å². The highest BCUT2D eigenvalue weighted by molar-refractivity contribution is 7.99. The number of hydrogen-bond donors (Lipinski definition) is 1. The first-order chi connectivity index (χ1) is 13.9. The summed E-state index contributed by atoms with van der Waals surface area (Å²) in [5.41, 5.74) is 1.87. The number of benzene rings is 2. The number of amides is 1. The lowest BCUT2D eigenvalue weighted by atomic mass is 10.1. The molecule has 2 aromatic carbocycles. The van der Waals surface area contributed by atoms with E-state index >= 15 is 0 Å². The number of nitrogens with zero attached hydrogens (tertiary/aromatic N) is 3. The van der Waals surface area contributed by atoms with Crippen LogP contribution in [0.2, 0.25) is 0 Å². The summed E-state index contributed by atoms with van der Waals surface area (Å²) in [4.78, 5) is 12.5. The minimum absolute atomic E-state index is 0.148. The molecule has 1 amide bonds. The zero-order valence-electron chi connectivity index (χ0n) is 16.2. The minimum Gasteiger partial charge on any atom is -0.325 e. The van der Waals surface area contributed by atoms with E-state index < -0.39 is 9.84 Å². The summed E-state index contributed by atoms with van der Waals surface area (Å²) in [6.07, 6.45) is 0.826. The number of rotatable bonds is 8. The Hall–Kier alpha value is -2.65. The molecule has 1 N–H and O–H groups in total. The quantitative estimate of drug-likeness (QED) is 0.552. The van der Waals surface area contributed by atoms with Gasteiger partial charge in [-0.2, -0.15) is 0 Å². The van der Waals surface area contributed by atoms with Crippen molar-refractivity contribution < 1.29 is 13.2 Å². The van der Waals surface area contributed by atoms with Crippen LogP contribution in [0.1, 0.15) is 18.3 Å². The van der Waals surface area contributed by atoms with Crippen LogP contribution in [0, 0.1) is 0 Å². The van der Waals surface area contributed by atoms with E-state index in [1.54, 1.807) is 41.9 Å². The highest BCUT2D eigenvalue weighted by Crippen LogP contribution is 2.21. The van der Waals surface area contributed by atoms with Gasteiger partial charge in [-0.3, -0.25) is 4.79 Å². The predicted molar refractivity (Wildman–Crippen MR) is 114 cm³/mol. The number of aromatic nitrogens is 3. The lowest BCUT2D eigenvalue weighted by Gasteiger charge is -2.09. The van der Waals surface area contributed by atoms with Crippen molar-refractivity contribution in [3.63, 3.8) is 0 Å². The normalized spacial score (nSPS) is 11.4. The Balaban J connectivity index is 1.63. The molecular formula is C20H22N4O3S2. The fraction of sp³-hybridized carbons (Fsp3) is 0.250. The van der Waals surface area contributed by atoms with Crippen molar-refractivity contribution in [2.75, 3.05) is 11.1 Å². The van der Waals surface area contributed by atoms with Crippen LogP contribution in [0.3, 0.4) is 0 Å². The van der Waals surface area contributed by atoms with Crippen molar-refractivity contribution in [2.45, 2.75) is 29.1 Å². The molecule has 9 heteroatoms. The molecule has 0 saturated heterocycles. The molecule has 0 aliphatic rings. The van der Waals surface area contributed by atoms with Crippen molar-refractivity contribution in [1.29, 1.82) is 0 Å². The Labute approximate surface area is 174 Å². The molecule has 0 radical (unpaired) electrons. The summed E-state index contributed by atoms with van der Waals surface area (Å²) in [6, 6.07) is 15.9. The highest BCUT2D eigenvalue weighted by Gasteiger charge is 2.20. The van der Waals surface area contributed by atoms with Gasteiger partial charge in [-0.15, -0.1) is 10.2 Å². The molecule has 3 aromatic rings. The fourth-order valence-electron chi connectivity index (χ4n) is 2.74. The zero-order chi connectivity index (χ0) is 20.9. The Morgan fingerprint density at radius 2 is 1.76 bits per heavy atom. The number of anilines is 1. The molecule has 3 rings (SSSR count). The highest BCUT2D eigenvalue weighted by atomic mass is 32.2. The lowest BCUT2D eigenvalue weighted by Crippen LogP contribution is -2.15. The average Bonchev–Trinajstić information content (AvgIpc) is 3.06. The van der Waals surface area contributed by atoms with Gasteiger partial charge in [0, 0.05) is 12.7 Å². The van der Waals surface area contributed by atoms with Crippen LogP contribution in [-0.2, 0) is 33.9 Å². The minimum atomic E-state index is -3.51. The Morgan fingerprint density at radius 3 is 2.48 bits per heavy atom. The number of carbonyl (C=O) groups excluding carboxylic acids is 1. The van der Waals surface area contributed by atoms with Gasteiger partial charge in [-0.1, -0.05) is 55.1 Å². The van der Waals surface area contributed by atoms with Gasteiger partial charge >= 0.3 is 0 Å². The van der Waals surface area contributed by atoms with Crippen molar-refractivity contribution >= 4 is 33.2 Å². The number of hydrogen-bond acceptors (Lipinski definition) is 6. The number of nitrogens with one attached hydrogen (secondary N) is 1. The molecule has 1 aromatic heterocycles. The topological polar surface area (TPSA) is 94.0 Å². The molecule has 0 bridgehead atoms. The van der Waals surface area contributed by atoms with Crippen LogP contribution >= 0.6 is 11.8 Å². The van der Waals surface area contributed by atoms with E-state index in [-0.39, 0.29) is 22.3 Å². The van der Waals surface area contributed by atoms with Gasteiger partial charge in [0.15, 0.2) is 15.0 Å². The molecule has 0 spiro atoms. The van der Waals surface area contributed by atoms with Crippen LogP contribution in [-0.4, -0.2) is 34.8 Å². The fourth-order valence-corrected chi connectivity index (χ4v) is 4.80. The maximum atomic E-state index is 12.5. The average molecular weight is 431 g/mol. The molecule has 0 saturated carbocycles. The third-order valence-corrected chi connectivity index (χ3v) is 7.00. The van der Waals surface area contributed by atoms with Crippen molar-refractivity contribution in [3.05, 3.63) is 66.0 Å². The van der Waals surface area contributed by atoms with Gasteiger partial charge in [0.05, 0.1) is 10.6 Å². The van der Waals surface area contributed by atoms with Crippen LogP contribution in [0.4, 0.5) is 5.69 Å². The third kappa shape index (κ3) is 5.24. The summed E-state index contributed by atoms with van der Waals surface area (Å²) in [5.74, 6) is 0.0671. The maximum Gasteiger partial charge on any atom is 0.234 e. The van der Waals surface area contributed by atoms with Gasteiger partial charge in [-0.25, -0.2) is 8.42 Å². The number of carbonyl (C=O) groups is 1. The lowest BCUT2D eigenvalue weighted by molar-refractivity contribution is -0.113. The summed E-state index contributed by atoms with van der Waals surface area (Å²) in [7, 11) is -1.82. The maximum absolute atomic E-state index is 12.5. The molecule has 152 valence electrons. The molecule has 1 heterocycles. The summed E-state index contributed by atoms with van der Waals surface area (Å²) >= 11 is 1.21. The Morgan fingerprint density at radius 1 is 1.07 bits per heavy atom. The standard InChI is InChI=1S/C20H22N4O3S2/c1-3-15-9-7-8-12-17(15)21-19(25)13-28-20-23-22-18(24(20)2)14-29(26,27)16-10-5-4-6-11-16/h4-12H,3,13-14H2,1-2H3,(H,21,25). The molecular weight excluding hydrogens is 408 g/mol. The summed E-state index contributed by atoms with van der Waals surface area (Å²) in [5, 5.41) is 11.4. The van der Waals surface area contributed by atoms with Crippen LogP contribution in [0.15, 0.2) is 64.6 Å².